The Morgan fingerprint density at radius 2 is 1.38 bits per heavy atom. The second-order valence-corrected chi connectivity index (χ2v) is 10.8. The topological polar surface area (TPSA) is 196 Å². The van der Waals surface area contributed by atoms with E-state index in [1.807, 2.05) is 20.8 Å². The van der Waals surface area contributed by atoms with Crippen molar-refractivity contribution in [2.24, 2.45) is 16.7 Å². The largest absolute Gasteiger partial charge is 0.394 e. The van der Waals surface area contributed by atoms with Crippen LogP contribution in [0.3, 0.4) is 0 Å². The Labute approximate surface area is 197 Å². The molecule has 12 heteroatoms. The molecule has 2 heterocycles. The summed E-state index contributed by atoms with van der Waals surface area (Å²) < 4.78 is 22.5. The minimum atomic E-state index is -1.64. The molecular formula is C22H36O12. The second kappa shape index (κ2) is 9.27. The van der Waals surface area contributed by atoms with Gasteiger partial charge in [0.2, 0.25) is 0 Å². The number of carbonyl (C=O) groups is 1. The SMILES string of the molecule is CC1(C)C(=O)[C@@]2(C)C[C@H](O[C@@H]3O[C@H](CO[C@@H]4O[C@H](CO)[C@@H](O)[C@H](O)[C@H]4O)[C@@H](O)[C@H](O)[C@H]3O)[C@@H]1C2. The zero-order chi connectivity index (χ0) is 25.2. The smallest absolute Gasteiger partial charge is 0.186 e. The number of Topliss-reactive ketones (excluding diaryl/α,β-unsaturated/α-hetero) is 1. The summed E-state index contributed by atoms with van der Waals surface area (Å²) >= 11 is 0. The molecule has 2 bridgehead atoms. The molecule has 0 aromatic carbocycles. The van der Waals surface area contributed by atoms with Crippen LogP contribution in [0.1, 0.15) is 33.6 Å². The third-order valence-electron chi connectivity index (χ3n) is 8.08. The van der Waals surface area contributed by atoms with Gasteiger partial charge in [-0.05, 0) is 18.8 Å². The highest BCUT2D eigenvalue weighted by atomic mass is 16.7. The van der Waals surface area contributed by atoms with E-state index in [4.69, 9.17) is 18.9 Å². The first-order valence-corrected chi connectivity index (χ1v) is 11.6. The van der Waals surface area contributed by atoms with Gasteiger partial charge in [0.25, 0.3) is 0 Å². The van der Waals surface area contributed by atoms with Crippen molar-refractivity contribution in [3.05, 3.63) is 0 Å². The van der Waals surface area contributed by atoms with Gasteiger partial charge in [0, 0.05) is 10.8 Å². The molecule has 2 saturated carbocycles. The number of fused-ring (bicyclic) bond motifs is 2. The van der Waals surface area contributed by atoms with Gasteiger partial charge in [-0.1, -0.05) is 20.8 Å². The van der Waals surface area contributed by atoms with Gasteiger partial charge in [-0.2, -0.15) is 0 Å². The van der Waals surface area contributed by atoms with Crippen LogP contribution in [0.4, 0.5) is 0 Å². The first kappa shape index (κ1) is 26.3. The Morgan fingerprint density at radius 3 is 1.94 bits per heavy atom. The van der Waals surface area contributed by atoms with Crippen LogP contribution in [0.2, 0.25) is 0 Å². The van der Waals surface area contributed by atoms with E-state index in [9.17, 15) is 40.5 Å². The zero-order valence-electron chi connectivity index (χ0n) is 19.4. The summed E-state index contributed by atoms with van der Waals surface area (Å²) in [6.07, 6.45) is -14.0. The highest BCUT2D eigenvalue weighted by Crippen LogP contribution is 2.61. The predicted octanol–water partition coefficient (Wildman–Crippen LogP) is -2.98. The molecule has 0 spiro atoms. The Morgan fingerprint density at radius 1 is 0.824 bits per heavy atom. The molecular weight excluding hydrogens is 456 g/mol. The number of hydrogen-bond acceptors (Lipinski definition) is 12. The summed E-state index contributed by atoms with van der Waals surface area (Å²) in [6, 6.07) is 0. The monoisotopic (exact) mass is 492 g/mol. The average Bonchev–Trinajstić information content (AvgIpc) is 3.22. The first-order valence-electron chi connectivity index (χ1n) is 11.6. The van der Waals surface area contributed by atoms with Crippen LogP contribution >= 0.6 is 0 Å². The lowest BCUT2D eigenvalue weighted by molar-refractivity contribution is -0.338. The molecule has 2 saturated heterocycles. The van der Waals surface area contributed by atoms with E-state index in [-0.39, 0.29) is 11.7 Å². The van der Waals surface area contributed by atoms with Crippen LogP contribution in [0.25, 0.3) is 0 Å². The number of carbonyl (C=O) groups excluding carboxylic acids is 1. The normalized spacial score (nSPS) is 52.8. The van der Waals surface area contributed by atoms with Crippen molar-refractivity contribution in [3.63, 3.8) is 0 Å². The molecule has 13 atom stereocenters. The Hall–Kier alpha value is -0.770. The molecule has 12 nitrogen and oxygen atoms in total. The maximum atomic E-state index is 12.7. The van der Waals surface area contributed by atoms with Crippen molar-refractivity contribution in [1.82, 2.24) is 0 Å². The lowest BCUT2D eigenvalue weighted by atomic mass is 9.70. The van der Waals surface area contributed by atoms with Crippen molar-refractivity contribution in [2.45, 2.75) is 101 Å². The van der Waals surface area contributed by atoms with E-state index < -0.39 is 91.6 Å². The molecule has 0 aromatic heterocycles. The van der Waals surface area contributed by atoms with Gasteiger partial charge in [0.05, 0.1) is 19.3 Å². The summed E-state index contributed by atoms with van der Waals surface area (Å²) in [6.45, 7) is 4.58. The van der Waals surface area contributed by atoms with Crippen LogP contribution in [-0.2, 0) is 23.7 Å². The van der Waals surface area contributed by atoms with Crippen LogP contribution in [0.5, 0.6) is 0 Å². The Kier molecular flexibility index (Phi) is 7.17. The molecule has 2 aliphatic carbocycles. The van der Waals surface area contributed by atoms with Gasteiger partial charge in [-0.15, -0.1) is 0 Å². The Balaban J connectivity index is 1.40. The lowest BCUT2D eigenvalue weighted by Crippen LogP contribution is -2.62. The minimum absolute atomic E-state index is 0.0893. The average molecular weight is 493 g/mol. The molecule has 0 unspecified atom stereocenters. The zero-order valence-corrected chi connectivity index (χ0v) is 19.4. The molecule has 0 amide bonds. The number of aliphatic hydroxyl groups excluding tert-OH is 7. The third-order valence-corrected chi connectivity index (χ3v) is 8.08. The van der Waals surface area contributed by atoms with E-state index >= 15 is 0 Å². The van der Waals surface area contributed by atoms with E-state index in [0.29, 0.717) is 12.8 Å². The van der Waals surface area contributed by atoms with Gasteiger partial charge < -0.3 is 54.7 Å². The van der Waals surface area contributed by atoms with Crippen LogP contribution in [0.15, 0.2) is 0 Å². The molecule has 0 radical (unpaired) electrons. The van der Waals surface area contributed by atoms with Gasteiger partial charge >= 0.3 is 0 Å². The lowest BCUT2D eigenvalue weighted by Gasteiger charge is -2.44. The van der Waals surface area contributed by atoms with Crippen molar-refractivity contribution in [2.75, 3.05) is 13.2 Å². The minimum Gasteiger partial charge on any atom is -0.394 e. The molecule has 0 aromatic rings. The molecule has 4 aliphatic rings. The van der Waals surface area contributed by atoms with Crippen LogP contribution in [0, 0.1) is 16.7 Å². The number of ether oxygens (including phenoxy) is 4. The van der Waals surface area contributed by atoms with Crippen LogP contribution in [-0.4, -0.2) is 122 Å². The molecule has 196 valence electrons. The van der Waals surface area contributed by atoms with Gasteiger partial charge in [-0.25, -0.2) is 0 Å². The molecule has 7 N–H and O–H groups in total. The molecule has 4 fully saturated rings. The first-order chi connectivity index (χ1) is 15.8. The summed E-state index contributed by atoms with van der Waals surface area (Å²) in [5, 5.41) is 70.4. The fourth-order valence-electron chi connectivity index (χ4n) is 6.01. The van der Waals surface area contributed by atoms with Crippen molar-refractivity contribution in [1.29, 1.82) is 0 Å². The fourth-order valence-corrected chi connectivity index (χ4v) is 6.01. The fraction of sp³-hybridized carbons (Fsp3) is 0.955. The molecule has 4 rings (SSSR count). The number of hydrogen-bond donors (Lipinski definition) is 7. The number of aliphatic hydroxyl groups is 7. The van der Waals surface area contributed by atoms with Gasteiger partial charge in [-0.3, -0.25) is 4.79 Å². The molecule has 2 aliphatic heterocycles. The van der Waals surface area contributed by atoms with E-state index in [2.05, 4.69) is 0 Å². The van der Waals surface area contributed by atoms with E-state index in [0.717, 1.165) is 0 Å². The summed E-state index contributed by atoms with van der Waals surface area (Å²) in [7, 11) is 0. The second-order valence-electron chi connectivity index (χ2n) is 10.8. The standard InChI is InChI=1S/C22H36O12/c1-21(2)8-4-22(3,20(21)30)5-9(8)32-19-17(29)15(27)13(25)11(34-19)7-31-18-16(28)14(26)12(24)10(6-23)33-18/h8-19,23-29H,4-7H2,1-3H3/t8-,9-,10+,11+,12+,13+,14-,15-,16+,17+,18+,19+,22+/m0/s1. The molecule has 34 heavy (non-hydrogen) atoms. The van der Waals surface area contributed by atoms with Gasteiger partial charge in [0.15, 0.2) is 12.6 Å². The quantitative estimate of drug-likeness (QED) is 0.199. The summed E-state index contributed by atoms with van der Waals surface area (Å²) in [5.74, 6) is 0.0878. The van der Waals surface area contributed by atoms with E-state index in [1.165, 1.54) is 0 Å². The van der Waals surface area contributed by atoms with Crippen molar-refractivity contribution in [3.8, 4) is 0 Å². The van der Waals surface area contributed by atoms with Crippen molar-refractivity contribution < 1.29 is 59.5 Å². The Bertz CT molecular complexity index is 753. The van der Waals surface area contributed by atoms with Crippen molar-refractivity contribution >= 4 is 5.78 Å². The summed E-state index contributed by atoms with van der Waals surface area (Å²) in [4.78, 5) is 12.7. The van der Waals surface area contributed by atoms with Crippen LogP contribution < -0.4 is 0 Å². The highest BCUT2D eigenvalue weighted by molar-refractivity contribution is 5.93. The van der Waals surface area contributed by atoms with E-state index in [1.54, 1.807) is 0 Å². The maximum Gasteiger partial charge on any atom is 0.186 e. The predicted molar refractivity (Wildman–Crippen MR) is 111 cm³/mol. The number of ketones is 1. The maximum absolute atomic E-state index is 12.7. The van der Waals surface area contributed by atoms with Gasteiger partial charge in [0.1, 0.15) is 54.6 Å². The third kappa shape index (κ3) is 4.22. The highest BCUT2D eigenvalue weighted by Gasteiger charge is 2.64. The number of rotatable bonds is 6. The summed E-state index contributed by atoms with van der Waals surface area (Å²) in [5.41, 5.74) is -1.12.